The van der Waals surface area contributed by atoms with Crippen LogP contribution < -0.4 is 5.32 Å². The highest BCUT2D eigenvalue weighted by Gasteiger charge is 2.43. The second kappa shape index (κ2) is 24.5. The van der Waals surface area contributed by atoms with Crippen molar-refractivity contribution >= 4 is 11.9 Å². The Labute approximate surface area is 216 Å². The van der Waals surface area contributed by atoms with Gasteiger partial charge in [-0.2, -0.15) is 0 Å². The van der Waals surface area contributed by atoms with E-state index < -0.39 is 17.4 Å². The first-order valence-electron chi connectivity index (χ1n) is 14.7. The molecule has 0 aromatic rings. The van der Waals surface area contributed by atoms with E-state index in [2.05, 4.69) is 19.2 Å². The maximum atomic E-state index is 13.0. The monoisotopic (exact) mass is 499 g/mol. The molecule has 208 valence electrons. The third kappa shape index (κ3) is 18.7. The van der Waals surface area contributed by atoms with E-state index in [1.54, 1.807) is 6.92 Å². The second-order valence-corrected chi connectivity index (χ2v) is 10.1. The van der Waals surface area contributed by atoms with E-state index in [-0.39, 0.29) is 6.61 Å². The Kier molecular flexibility index (Phi) is 23.8. The van der Waals surface area contributed by atoms with Gasteiger partial charge in [0.25, 0.3) is 0 Å². The van der Waals surface area contributed by atoms with E-state index in [0.29, 0.717) is 19.6 Å². The van der Waals surface area contributed by atoms with Crippen LogP contribution in [0.15, 0.2) is 0 Å². The smallest absolute Gasteiger partial charge is 0.323 e. The minimum absolute atomic E-state index is 0.218. The largest absolute Gasteiger partial charge is 0.465 e. The number of ether oxygens (including phenoxy) is 2. The molecule has 0 heterocycles. The fourth-order valence-electron chi connectivity index (χ4n) is 4.11. The fourth-order valence-corrected chi connectivity index (χ4v) is 4.11. The van der Waals surface area contributed by atoms with Crippen molar-refractivity contribution in [3.05, 3.63) is 0 Å². The predicted molar refractivity (Wildman–Crippen MR) is 144 cm³/mol. The topological polar surface area (TPSA) is 84.9 Å². The summed E-state index contributed by atoms with van der Waals surface area (Å²) in [5, 5.41) is 12.1. The van der Waals surface area contributed by atoms with Crippen LogP contribution in [0.4, 0.5) is 0 Å². The van der Waals surface area contributed by atoms with Gasteiger partial charge in [0.05, 0.1) is 13.2 Å². The van der Waals surface area contributed by atoms with Crippen molar-refractivity contribution in [3.8, 4) is 0 Å². The summed E-state index contributed by atoms with van der Waals surface area (Å²) in [6.07, 6.45) is 18.6. The zero-order chi connectivity index (χ0) is 26.0. The van der Waals surface area contributed by atoms with Crippen LogP contribution in [-0.2, 0) is 19.1 Å². The third-order valence-electron chi connectivity index (χ3n) is 6.66. The van der Waals surface area contributed by atoms with Crippen molar-refractivity contribution in [1.82, 2.24) is 5.32 Å². The van der Waals surface area contributed by atoms with Gasteiger partial charge in [-0.15, -0.1) is 0 Å². The molecule has 0 radical (unpaired) electrons. The zero-order valence-corrected chi connectivity index (χ0v) is 23.3. The molecule has 0 atom stereocenters. The van der Waals surface area contributed by atoms with Gasteiger partial charge < -0.3 is 19.9 Å². The lowest BCUT2D eigenvalue weighted by molar-refractivity contribution is -0.172. The summed E-state index contributed by atoms with van der Waals surface area (Å²) < 4.78 is 11.1. The maximum Gasteiger partial charge on any atom is 0.323 e. The van der Waals surface area contributed by atoms with E-state index in [1.165, 1.54) is 38.5 Å². The Bertz CT molecular complexity index is 467. The van der Waals surface area contributed by atoms with Crippen molar-refractivity contribution in [2.45, 2.75) is 136 Å². The number of unbranched alkanes of at least 4 members (excludes halogenated alkanes) is 13. The molecule has 0 rings (SSSR count). The first kappa shape index (κ1) is 33.9. The molecule has 6 nitrogen and oxygen atoms in total. The number of nitrogens with one attached hydrogen (secondary N) is 1. The van der Waals surface area contributed by atoms with Crippen molar-refractivity contribution in [1.29, 1.82) is 0 Å². The number of hydrogen-bond donors (Lipinski definition) is 2. The van der Waals surface area contributed by atoms with Gasteiger partial charge in [0.1, 0.15) is 0 Å². The fraction of sp³-hybridized carbons (Fsp3) is 0.931. The molecule has 0 aromatic carbocycles. The first-order chi connectivity index (χ1) is 17.0. The Morgan fingerprint density at radius 2 is 1.06 bits per heavy atom. The molecular weight excluding hydrogens is 442 g/mol. The van der Waals surface area contributed by atoms with E-state index in [0.717, 1.165) is 83.7 Å². The van der Waals surface area contributed by atoms with E-state index in [4.69, 9.17) is 14.6 Å². The molecule has 35 heavy (non-hydrogen) atoms. The first-order valence-corrected chi connectivity index (χ1v) is 14.7. The van der Waals surface area contributed by atoms with Gasteiger partial charge in [-0.3, -0.25) is 9.59 Å². The number of esters is 2. The van der Waals surface area contributed by atoms with Gasteiger partial charge in [0, 0.05) is 6.61 Å². The average molecular weight is 500 g/mol. The molecular formula is C29H57NO5. The molecule has 0 amide bonds. The zero-order valence-electron chi connectivity index (χ0n) is 23.3. The highest BCUT2D eigenvalue weighted by atomic mass is 16.6. The van der Waals surface area contributed by atoms with E-state index >= 15 is 0 Å². The van der Waals surface area contributed by atoms with Crippen LogP contribution in [0.25, 0.3) is 0 Å². The highest BCUT2D eigenvalue weighted by molar-refractivity contribution is 5.99. The van der Waals surface area contributed by atoms with Crippen molar-refractivity contribution in [2.24, 2.45) is 5.41 Å². The molecule has 2 N–H and O–H groups in total. The van der Waals surface area contributed by atoms with Gasteiger partial charge in [0.15, 0.2) is 5.41 Å². The number of aliphatic hydroxyl groups excluding tert-OH is 1. The van der Waals surface area contributed by atoms with Crippen LogP contribution in [0.1, 0.15) is 136 Å². The van der Waals surface area contributed by atoms with Gasteiger partial charge in [-0.05, 0) is 52.1 Å². The van der Waals surface area contributed by atoms with Crippen molar-refractivity contribution in [3.63, 3.8) is 0 Å². The number of rotatable bonds is 26. The van der Waals surface area contributed by atoms with E-state index in [9.17, 15) is 9.59 Å². The van der Waals surface area contributed by atoms with Crippen molar-refractivity contribution < 1.29 is 24.2 Å². The SMILES string of the molecule is CCCCCCCCOC(=O)C(C)(CCCCCCNCCCO)C(=O)OCCCCCCCC. The van der Waals surface area contributed by atoms with Gasteiger partial charge in [-0.25, -0.2) is 0 Å². The predicted octanol–water partition coefficient (Wildman–Crippen LogP) is 6.72. The van der Waals surface area contributed by atoms with E-state index in [1.807, 2.05) is 0 Å². The standard InChI is InChI=1S/C29H57NO5/c1-4-6-8-10-14-18-25-34-27(32)29(3,21-16-12-13-17-22-30-23-20-24-31)28(33)35-26-19-15-11-9-7-5-2/h30-31H,4-26H2,1-3H3. The van der Waals surface area contributed by atoms with Gasteiger partial charge in [-0.1, -0.05) is 97.3 Å². The molecule has 0 aliphatic rings. The Morgan fingerprint density at radius 1 is 0.629 bits per heavy atom. The minimum Gasteiger partial charge on any atom is -0.465 e. The molecule has 0 spiro atoms. The Morgan fingerprint density at radius 3 is 1.57 bits per heavy atom. The van der Waals surface area contributed by atoms with Crippen LogP contribution in [0.5, 0.6) is 0 Å². The summed E-state index contributed by atoms with van der Waals surface area (Å²) >= 11 is 0. The molecule has 0 bridgehead atoms. The second-order valence-electron chi connectivity index (χ2n) is 10.1. The molecule has 0 aliphatic carbocycles. The highest BCUT2D eigenvalue weighted by Crippen LogP contribution is 2.29. The molecule has 0 saturated heterocycles. The summed E-state index contributed by atoms with van der Waals surface area (Å²) in [7, 11) is 0. The van der Waals surface area contributed by atoms with Crippen molar-refractivity contribution in [2.75, 3.05) is 32.9 Å². The summed E-state index contributed by atoms with van der Waals surface area (Å²) in [5.74, 6) is -0.852. The molecule has 0 unspecified atom stereocenters. The minimum atomic E-state index is -1.22. The number of aliphatic hydroxyl groups is 1. The number of carbonyl (C=O) groups is 2. The average Bonchev–Trinajstić information content (AvgIpc) is 2.86. The lowest BCUT2D eigenvalue weighted by Crippen LogP contribution is -2.39. The lowest BCUT2D eigenvalue weighted by atomic mass is 9.84. The molecule has 0 saturated carbocycles. The number of hydrogen-bond acceptors (Lipinski definition) is 6. The summed E-state index contributed by atoms with van der Waals surface area (Å²) in [4.78, 5) is 25.9. The normalized spacial score (nSPS) is 11.5. The molecule has 6 heteroatoms. The van der Waals surface area contributed by atoms with Gasteiger partial charge in [0.2, 0.25) is 0 Å². The molecule has 0 aliphatic heterocycles. The summed E-state index contributed by atoms with van der Waals surface area (Å²) in [5.41, 5.74) is -1.22. The number of carbonyl (C=O) groups excluding carboxylic acids is 2. The van der Waals surface area contributed by atoms with Gasteiger partial charge >= 0.3 is 11.9 Å². The Balaban J connectivity index is 4.47. The van der Waals surface area contributed by atoms with Crippen LogP contribution in [-0.4, -0.2) is 50.0 Å². The Hall–Kier alpha value is -1.14. The summed E-state index contributed by atoms with van der Waals surface area (Å²) in [6.45, 7) is 8.84. The third-order valence-corrected chi connectivity index (χ3v) is 6.66. The van der Waals surface area contributed by atoms with Crippen LogP contribution in [0.2, 0.25) is 0 Å². The lowest BCUT2D eigenvalue weighted by Gasteiger charge is -2.25. The maximum absolute atomic E-state index is 13.0. The van der Waals surface area contributed by atoms with Crippen LogP contribution in [0, 0.1) is 5.41 Å². The summed E-state index contributed by atoms with van der Waals surface area (Å²) in [6, 6.07) is 0. The quantitative estimate of drug-likeness (QED) is 0.0780. The molecule has 0 fully saturated rings. The van der Waals surface area contributed by atoms with Crippen LogP contribution >= 0.6 is 0 Å². The molecule has 0 aromatic heterocycles. The van der Waals surface area contributed by atoms with Crippen LogP contribution in [0.3, 0.4) is 0 Å².